The first kappa shape index (κ1) is 16.4. The zero-order chi connectivity index (χ0) is 17.6. The van der Waals surface area contributed by atoms with Gasteiger partial charge < -0.3 is 4.90 Å². The molecular formula is C19H18N3O3+. The highest BCUT2D eigenvalue weighted by atomic mass is 16.5. The molecule has 6 nitrogen and oxygen atoms in total. The van der Waals surface area contributed by atoms with E-state index in [4.69, 9.17) is 4.52 Å². The smallest absolute Gasteiger partial charge is 0.331 e. The molecule has 25 heavy (non-hydrogen) atoms. The van der Waals surface area contributed by atoms with Crippen molar-refractivity contribution in [2.75, 3.05) is 7.05 Å². The fraction of sp³-hybridized carbons (Fsp3) is 0.105. The van der Waals surface area contributed by atoms with Crippen molar-refractivity contribution in [3.05, 3.63) is 88.4 Å². The number of hydrogen-bond acceptors (Lipinski definition) is 3. The fourth-order valence-corrected chi connectivity index (χ4v) is 2.37. The standard InChI is InChI=1S/C19H17N3O3/c1-21(18(23)13-12-15-8-4-2-5-9-15)14-17-19(24)25-20-22(17)16-10-6-3-7-11-16/h2-13H,14H2,1H3/p+1/b13-12+. The summed E-state index contributed by atoms with van der Waals surface area (Å²) in [5, 5.41) is 2.57. The predicted octanol–water partition coefficient (Wildman–Crippen LogP) is 1.92. The minimum Gasteiger partial charge on any atom is -0.331 e. The molecule has 0 fully saturated rings. The number of benzene rings is 2. The first-order chi connectivity index (χ1) is 12.1. The number of hydrogen-bond donors (Lipinski definition) is 1. The van der Waals surface area contributed by atoms with Gasteiger partial charge in [-0.25, -0.2) is 4.79 Å². The summed E-state index contributed by atoms with van der Waals surface area (Å²) in [5.41, 5.74) is 1.53. The van der Waals surface area contributed by atoms with E-state index < -0.39 is 5.63 Å². The van der Waals surface area contributed by atoms with Gasteiger partial charge in [0, 0.05) is 25.3 Å². The molecule has 3 rings (SSSR count). The number of carbonyl (C=O) groups is 1. The van der Waals surface area contributed by atoms with Crippen LogP contribution in [0.2, 0.25) is 0 Å². The van der Waals surface area contributed by atoms with E-state index in [1.54, 1.807) is 13.1 Å². The second-order valence-electron chi connectivity index (χ2n) is 5.54. The number of nitrogens with zero attached hydrogens (tertiary/aromatic N) is 2. The van der Waals surface area contributed by atoms with Crippen molar-refractivity contribution in [3.8, 4) is 5.69 Å². The van der Waals surface area contributed by atoms with Crippen LogP contribution in [-0.4, -0.2) is 23.1 Å². The normalized spacial score (nSPS) is 10.9. The van der Waals surface area contributed by atoms with Gasteiger partial charge >= 0.3 is 11.3 Å². The quantitative estimate of drug-likeness (QED) is 0.572. The molecule has 0 spiro atoms. The van der Waals surface area contributed by atoms with E-state index >= 15 is 0 Å². The second-order valence-corrected chi connectivity index (χ2v) is 5.54. The number of amides is 1. The van der Waals surface area contributed by atoms with Gasteiger partial charge in [0.15, 0.2) is 0 Å². The molecule has 0 aliphatic rings. The number of H-pyrrole nitrogens is 1. The lowest BCUT2D eigenvalue weighted by Gasteiger charge is -2.11. The van der Waals surface area contributed by atoms with Gasteiger partial charge in [0.2, 0.25) is 11.6 Å². The summed E-state index contributed by atoms with van der Waals surface area (Å²) >= 11 is 0. The van der Waals surface area contributed by atoms with Crippen LogP contribution >= 0.6 is 0 Å². The van der Waals surface area contributed by atoms with Gasteiger partial charge in [-0.15, -0.1) is 0 Å². The average molecular weight is 336 g/mol. The van der Waals surface area contributed by atoms with E-state index in [0.29, 0.717) is 5.69 Å². The molecule has 0 saturated carbocycles. The van der Waals surface area contributed by atoms with Crippen LogP contribution in [0.3, 0.4) is 0 Å². The molecule has 3 aromatic rings. The van der Waals surface area contributed by atoms with E-state index in [1.165, 1.54) is 15.7 Å². The Balaban J connectivity index is 1.76. The summed E-state index contributed by atoms with van der Waals surface area (Å²) in [7, 11) is 1.64. The molecule has 0 saturated heterocycles. The highest BCUT2D eigenvalue weighted by Crippen LogP contribution is 2.04. The minimum atomic E-state index is -0.504. The van der Waals surface area contributed by atoms with Gasteiger partial charge in [-0.3, -0.25) is 9.32 Å². The highest BCUT2D eigenvalue weighted by molar-refractivity contribution is 5.91. The Bertz CT molecular complexity index is 927. The van der Waals surface area contributed by atoms with Crippen molar-refractivity contribution in [2.24, 2.45) is 0 Å². The molecule has 1 amide bonds. The first-order valence-electron chi connectivity index (χ1n) is 7.81. The van der Waals surface area contributed by atoms with E-state index in [2.05, 4.69) is 5.27 Å². The largest absolute Gasteiger partial charge is 0.432 e. The summed E-state index contributed by atoms with van der Waals surface area (Å²) in [4.78, 5) is 25.7. The molecule has 1 N–H and O–H groups in total. The molecule has 0 atom stereocenters. The Morgan fingerprint density at radius 3 is 2.44 bits per heavy atom. The molecule has 0 unspecified atom stereocenters. The molecule has 0 aliphatic carbocycles. The Morgan fingerprint density at radius 1 is 1.12 bits per heavy atom. The maximum atomic E-state index is 12.3. The zero-order valence-corrected chi connectivity index (χ0v) is 13.8. The van der Waals surface area contributed by atoms with Gasteiger partial charge in [0.1, 0.15) is 6.54 Å². The van der Waals surface area contributed by atoms with E-state index in [9.17, 15) is 9.59 Å². The number of para-hydroxylation sites is 1. The monoisotopic (exact) mass is 336 g/mol. The third-order valence-corrected chi connectivity index (χ3v) is 3.73. The predicted molar refractivity (Wildman–Crippen MR) is 92.8 cm³/mol. The third-order valence-electron chi connectivity index (χ3n) is 3.73. The lowest BCUT2D eigenvalue weighted by atomic mass is 10.2. The summed E-state index contributed by atoms with van der Waals surface area (Å²) in [5.74, 6) is -0.205. The Labute approximate surface area is 144 Å². The Morgan fingerprint density at radius 2 is 1.76 bits per heavy atom. The van der Waals surface area contributed by atoms with Gasteiger partial charge in [0.25, 0.3) is 0 Å². The number of aromatic amines is 1. The van der Waals surface area contributed by atoms with Crippen LogP contribution in [0.4, 0.5) is 0 Å². The minimum absolute atomic E-state index is 0.124. The molecule has 6 heteroatoms. The van der Waals surface area contributed by atoms with Gasteiger partial charge in [-0.1, -0.05) is 48.5 Å². The SMILES string of the molecule is CN(Cc1c(=O)o[nH][n+]1-c1ccccc1)C(=O)/C=C/c1ccccc1. The topological polar surface area (TPSA) is 70.2 Å². The third kappa shape index (κ3) is 3.92. The number of carbonyl (C=O) groups excluding carboxylic acids is 1. The maximum absolute atomic E-state index is 12.3. The van der Waals surface area contributed by atoms with Crippen LogP contribution in [0.25, 0.3) is 11.8 Å². The summed E-state index contributed by atoms with van der Waals surface area (Å²) < 4.78 is 6.42. The summed E-state index contributed by atoms with van der Waals surface area (Å²) in [6.45, 7) is 0.124. The molecule has 0 radical (unpaired) electrons. The number of likely N-dealkylation sites (N-methyl/N-ethyl adjacent to an activating group) is 1. The lowest BCUT2D eigenvalue weighted by molar-refractivity contribution is -0.678. The van der Waals surface area contributed by atoms with Crippen LogP contribution in [0, 0.1) is 0 Å². The summed E-state index contributed by atoms with van der Waals surface area (Å²) in [6.07, 6.45) is 3.22. The van der Waals surface area contributed by atoms with Crippen LogP contribution in [0.5, 0.6) is 0 Å². The van der Waals surface area contributed by atoms with Crippen molar-refractivity contribution in [1.29, 1.82) is 0 Å². The van der Waals surface area contributed by atoms with E-state index in [1.807, 2.05) is 60.7 Å². The van der Waals surface area contributed by atoms with Crippen molar-refractivity contribution >= 4 is 12.0 Å². The number of rotatable bonds is 5. The van der Waals surface area contributed by atoms with E-state index in [0.717, 1.165) is 11.3 Å². The first-order valence-corrected chi connectivity index (χ1v) is 7.81. The number of nitrogens with one attached hydrogen (secondary N) is 1. The molecular weight excluding hydrogens is 318 g/mol. The van der Waals surface area contributed by atoms with Crippen molar-refractivity contribution in [2.45, 2.75) is 6.54 Å². The molecule has 2 aromatic carbocycles. The van der Waals surface area contributed by atoms with Gasteiger partial charge in [-0.2, -0.15) is 0 Å². The van der Waals surface area contributed by atoms with Crippen LogP contribution in [-0.2, 0) is 11.3 Å². The van der Waals surface area contributed by atoms with E-state index in [-0.39, 0.29) is 12.5 Å². The zero-order valence-electron chi connectivity index (χ0n) is 13.8. The Hall–Kier alpha value is -3.41. The molecule has 0 bridgehead atoms. The number of aromatic nitrogens is 2. The molecule has 126 valence electrons. The maximum Gasteiger partial charge on any atom is 0.432 e. The van der Waals surface area contributed by atoms with Crippen LogP contribution < -0.4 is 10.3 Å². The van der Waals surface area contributed by atoms with Gasteiger partial charge in [0.05, 0.1) is 0 Å². The molecule has 1 aromatic heterocycles. The summed E-state index contributed by atoms with van der Waals surface area (Å²) in [6, 6.07) is 18.8. The lowest BCUT2D eigenvalue weighted by Crippen LogP contribution is -2.42. The fourth-order valence-electron chi connectivity index (χ4n) is 2.37. The highest BCUT2D eigenvalue weighted by Gasteiger charge is 2.25. The van der Waals surface area contributed by atoms with Crippen molar-refractivity contribution in [1.82, 2.24) is 10.2 Å². The molecule has 0 aliphatic heterocycles. The van der Waals surface area contributed by atoms with Crippen molar-refractivity contribution < 1.29 is 14.0 Å². The Kier molecular flexibility index (Phi) is 4.89. The van der Waals surface area contributed by atoms with Gasteiger partial charge in [-0.05, 0) is 21.6 Å². The van der Waals surface area contributed by atoms with Crippen molar-refractivity contribution in [3.63, 3.8) is 0 Å². The second kappa shape index (κ2) is 7.44. The van der Waals surface area contributed by atoms with Crippen LogP contribution in [0.15, 0.2) is 76.1 Å². The molecule has 1 heterocycles. The van der Waals surface area contributed by atoms with Crippen LogP contribution in [0.1, 0.15) is 11.3 Å². The average Bonchev–Trinajstić information content (AvgIpc) is 3.02.